The van der Waals surface area contributed by atoms with Crippen molar-refractivity contribution in [2.45, 2.75) is 25.7 Å². The highest BCUT2D eigenvalue weighted by atomic mass is 16.3. The second-order valence-electron chi connectivity index (χ2n) is 6.04. The molecule has 112 valence electrons. The van der Waals surface area contributed by atoms with Gasteiger partial charge in [-0.15, -0.1) is 0 Å². The molecule has 1 aliphatic carbocycles. The van der Waals surface area contributed by atoms with Crippen LogP contribution >= 0.6 is 0 Å². The molecule has 0 saturated heterocycles. The molecule has 2 aromatic rings. The van der Waals surface area contributed by atoms with E-state index in [1.807, 2.05) is 31.3 Å². The highest BCUT2D eigenvalue weighted by molar-refractivity contribution is 6.04. The molecule has 1 amide bonds. The second kappa shape index (κ2) is 5.48. The second-order valence-corrected chi connectivity index (χ2v) is 6.04. The summed E-state index contributed by atoms with van der Waals surface area (Å²) in [5.41, 5.74) is 1.26. The molecule has 1 aromatic heterocycles. The average molecular weight is 287 g/mol. The summed E-state index contributed by atoms with van der Waals surface area (Å²) in [5, 5.41) is 17.8. The van der Waals surface area contributed by atoms with Gasteiger partial charge in [0.1, 0.15) is 0 Å². The van der Waals surface area contributed by atoms with Gasteiger partial charge in [0.2, 0.25) is 0 Å². The van der Waals surface area contributed by atoms with Gasteiger partial charge in [0, 0.05) is 24.4 Å². The summed E-state index contributed by atoms with van der Waals surface area (Å²) >= 11 is 0. The molecule has 21 heavy (non-hydrogen) atoms. The van der Waals surface area contributed by atoms with Crippen molar-refractivity contribution in [2.24, 2.45) is 12.5 Å². The fourth-order valence-corrected chi connectivity index (χ4v) is 3.25. The predicted octanol–water partition coefficient (Wildman–Crippen LogP) is 1.86. The largest absolute Gasteiger partial charge is 0.396 e. The molecule has 2 N–H and O–H groups in total. The third kappa shape index (κ3) is 2.53. The molecule has 5 heteroatoms. The normalized spacial score (nSPS) is 17.2. The first-order valence-corrected chi connectivity index (χ1v) is 7.46. The Kier molecular flexibility index (Phi) is 3.68. The van der Waals surface area contributed by atoms with E-state index in [0.717, 1.165) is 36.6 Å². The number of hydrogen-bond acceptors (Lipinski definition) is 3. The van der Waals surface area contributed by atoms with Crippen LogP contribution < -0.4 is 5.32 Å². The van der Waals surface area contributed by atoms with Crippen LogP contribution in [0.3, 0.4) is 0 Å². The minimum atomic E-state index is -0.161. The van der Waals surface area contributed by atoms with E-state index in [4.69, 9.17) is 0 Å². The fourth-order valence-electron chi connectivity index (χ4n) is 3.25. The number of fused-ring (bicyclic) bond motifs is 1. The molecular weight excluding hydrogens is 266 g/mol. The Morgan fingerprint density at radius 1 is 1.38 bits per heavy atom. The number of carbonyl (C=O) groups excluding carboxylic acids is 1. The Bertz CT molecular complexity index is 657. The van der Waals surface area contributed by atoms with Crippen molar-refractivity contribution in [3.8, 4) is 0 Å². The number of nitrogens with zero attached hydrogens (tertiary/aromatic N) is 2. The van der Waals surface area contributed by atoms with Crippen molar-refractivity contribution in [3.63, 3.8) is 0 Å². The lowest BCUT2D eigenvalue weighted by Gasteiger charge is -2.26. The van der Waals surface area contributed by atoms with E-state index >= 15 is 0 Å². The standard InChI is InChI=1S/C16H21N3O2/c1-19-13-7-3-2-6-12(13)14(18-19)15(21)17-10-16(11-20)8-4-5-9-16/h2-3,6-7,20H,4-5,8-11H2,1H3,(H,17,21). The lowest BCUT2D eigenvalue weighted by Crippen LogP contribution is -2.38. The first-order valence-electron chi connectivity index (χ1n) is 7.46. The molecule has 0 spiro atoms. The van der Waals surface area contributed by atoms with Gasteiger partial charge in [-0.1, -0.05) is 31.0 Å². The lowest BCUT2D eigenvalue weighted by atomic mass is 9.87. The molecule has 1 aromatic carbocycles. The third-order valence-electron chi connectivity index (χ3n) is 4.60. The fraction of sp³-hybridized carbons (Fsp3) is 0.500. The number of hydrogen-bond donors (Lipinski definition) is 2. The Labute approximate surface area is 124 Å². The first kappa shape index (κ1) is 14.1. The van der Waals surface area contributed by atoms with E-state index in [1.165, 1.54) is 0 Å². The van der Waals surface area contributed by atoms with E-state index < -0.39 is 0 Å². The maximum atomic E-state index is 12.4. The monoisotopic (exact) mass is 287 g/mol. The molecule has 1 heterocycles. The Balaban J connectivity index is 1.78. The van der Waals surface area contributed by atoms with Crippen molar-refractivity contribution in [1.82, 2.24) is 15.1 Å². The molecule has 0 radical (unpaired) electrons. The molecule has 5 nitrogen and oxygen atoms in total. The molecule has 3 rings (SSSR count). The van der Waals surface area contributed by atoms with E-state index in [1.54, 1.807) is 4.68 Å². The zero-order valence-electron chi connectivity index (χ0n) is 12.3. The summed E-state index contributed by atoms with van der Waals surface area (Å²) in [6, 6.07) is 7.71. The molecular formula is C16H21N3O2. The van der Waals surface area contributed by atoms with Gasteiger partial charge in [-0.2, -0.15) is 5.10 Å². The average Bonchev–Trinajstić information content (AvgIpc) is 3.11. The Hall–Kier alpha value is -1.88. The SMILES string of the molecule is Cn1nc(C(=O)NCC2(CO)CCCC2)c2ccccc21. The summed E-state index contributed by atoms with van der Waals surface area (Å²) in [4.78, 5) is 12.4. The highest BCUT2D eigenvalue weighted by Crippen LogP contribution is 2.36. The van der Waals surface area contributed by atoms with Crippen LogP contribution in [-0.2, 0) is 7.05 Å². The number of rotatable bonds is 4. The van der Waals surface area contributed by atoms with E-state index in [9.17, 15) is 9.90 Å². The van der Waals surface area contributed by atoms with E-state index in [2.05, 4.69) is 10.4 Å². The minimum absolute atomic E-state index is 0.135. The zero-order chi connectivity index (χ0) is 14.9. The van der Waals surface area contributed by atoms with Crippen LogP contribution in [0.25, 0.3) is 10.9 Å². The number of para-hydroxylation sites is 1. The Morgan fingerprint density at radius 3 is 2.81 bits per heavy atom. The van der Waals surface area contributed by atoms with Crippen LogP contribution in [0, 0.1) is 5.41 Å². The third-order valence-corrected chi connectivity index (χ3v) is 4.60. The number of aliphatic hydroxyl groups excluding tert-OH is 1. The quantitative estimate of drug-likeness (QED) is 0.902. The number of benzene rings is 1. The maximum absolute atomic E-state index is 12.4. The van der Waals surface area contributed by atoms with Crippen molar-refractivity contribution in [1.29, 1.82) is 0 Å². The van der Waals surface area contributed by atoms with Crippen LogP contribution in [0.5, 0.6) is 0 Å². The zero-order valence-corrected chi connectivity index (χ0v) is 12.3. The molecule has 1 aliphatic rings. The van der Waals surface area contributed by atoms with E-state index in [-0.39, 0.29) is 17.9 Å². The van der Waals surface area contributed by atoms with Gasteiger partial charge in [0.15, 0.2) is 5.69 Å². The molecule has 0 unspecified atom stereocenters. The van der Waals surface area contributed by atoms with Gasteiger partial charge in [-0.3, -0.25) is 9.48 Å². The van der Waals surface area contributed by atoms with Crippen LogP contribution in [0.4, 0.5) is 0 Å². The van der Waals surface area contributed by atoms with Gasteiger partial charge >= 0.3 is 0 Å². The van der Waals surface area contributed by atoms with Crippen molar-refractivity contribution >= 4 is 16.8 Å². The summed E-state index contributed by atoms with van der Waals surface area (Å²) in [5.74, 6) is -0.161. The number of aliphatic hydroxyl groups is 1. The first-order chi connectivity index (χ1) is 10.2. The molecule has 0 aliphatic heterocycles. The van der Waals surface area contributed by atoms with Gasteiger partial charge < -0.3 is 10.4 Å². The predicted molar refractivity (Wildman–Crippen MR) is 81.0 cm³/mol. The number of carbonyl (C=O) groups is 1. The summed E-state index contributed by atoms with van der Waals surface area (Å²) in [6.07, 6.45) is 4.21. The molecule has 0 bridgehead atoms. The van der Waals surface area contributed by atoms with Gasteiger partial charge in [0.25, 0.3) is 5.91 Å². The Morgan fingerprint density at radius 2 is 2.10 bits per heavy atom. The van der Waals surface area contributed by atoms with Gasteiger partial charge in [-0.05, 0) is 18.9 Å². The number of amides is 1. The molecule has 0 atom stereocenters. The van der Waals surface area contributed by atoms with Crippen molar-refractivity contribution in [3.05, 3.63) is 30.0 Å². The summed E-state index contributed by atoms with van der Waals surface area (Å²) in [7, 11) is 1.84. The highest BCUT2D eigenvalue weighted by Gasteiger charge is 2.33. The minimum Gasteiger partial charge on any atom is -0.396 e. The summed E-state index contributed by atoms with van der Waals surface area (Å²) in [6.45, 7) is 0.656. The van der Waals surface area contributed by atoms with Crippen molar-refractivity contribution in [2.75, 3.05) is 13.2 Å². The topological polar surface area (TPSA) is 67.2 Å². The van der Waals surface area contributed by atoms with Crippen molar-refractivity contribution < 1.29 is 9.90 Å². The van der Waals surface area contributed by atoms with Crippen LogP contribution in [0.2, 0.25) is 0 Å². The van der Waals surface area contributed by atoms with Crippen LogP contribution in [0.1, 0.15) is 36.2 Å². The van der Waals surface area contributed by atoms with Crippen LogP contribution in [0.15, 0.2) is 24.3 Å². The number of nitrogens with one attached hydrogen (secondary N) is 1. The summed E-state index contributed by atoms with van der Waals surface area (Å²) < 4.78 is 1.72. The van der Waals surface area contributed by atoms with Gasteiger partial charge in [0.05, 0.1) is 12.1 Å². The lowest BCUT2D eigenvalue weighted by molar-refractivity contribution is 0.0877. The smallest absolute Gasteiger partial charge is 0.272 e. The van der Waals surface area contributed by atoms with E-state index in [0.29, 0.717) is 12.2 Å². The number of aromatic nitrogens is 2. The van der Waals surface area contributed by atoms with Gasteiger partial charge in [-0.25, -0.2) is 0 Å². The molecule has 1 fully saturated rings. The number of aryl methyl sites for hydroxylation is 1. The maximum Gasteiger partial charge on any atom is 0.272 e. The molecule has 1 saturated carbocycles. The van der Waals surface area contributed by atoms with Crippen LogP contribution in [-0.4, -0.2) is 33.9 Å².